The Labute approximate surface area is 131 Å². The minimum absolute atomic E-state index is 0.202. The second-order valence-corrected chi connectivity index (χ2v) is 5.61. The molecule has 0 unspecified atom stereocenters. The Hall–Kier alpha value is -1.95. The lowest BCUT2D eigenvalue weighted by Crippen LogP contribution is -2.26. The smallest absolute Gasteiger partial charge is 0.276 e. The molecule has 1 aromatic carbocycles. The first-order valence-corrected chi connectivity index (χ1v) is 7.46. The molecule has 0 aliphatic heterocycles. The average Bonchev–Trinajstić information content (AvgIpc) is 2.45. The van der Waals surface area contributed by atoms with Gasteiger partial charge in [0.2, 0.25) is 0 Å². The van der Waals surface area contributed by atoms with Crippen LogP contribution in [0.2, 0.25) is 0 Å². The van der Waals surface area contributed by atoms with Crippen LogP contribution in [0.1, 0.15) is 29.4 Å². The summed E-state index contributed by atoms with van der Waals surface area (Å²) in [6.07, 6.45) is 0.780. The predicted octanol–water partition coefficient (Wildman–Crippen LogP) is 2.98. The maximum Gasteiger partial charge on any atom is 0.276 e. The van der Waals surface area contributed by atoms with Gasteiger partial charge in [-0.3, -0.25) is 9.59 Å². The zero-order chi connectivity index (χ0) is 15.4. The number of halogens is 1. The van der Waals surface area contributed by atoms with Crippen molar-refractivity contribution in [1.82, 2.24) is 9.78 Å². The van der Waals surface area contributed by atoms with Crippen LogP contribution >= 0.6 is 15.9 Å². The topological polar surface area (TPSA) is 64.0 Å². The number of hydrogen-bond donors (Lipinski definition) is 1. The summed E-state index contributed by atoms with van der Waals surface area (Å²) in [6.45, 7) is 4.36. The summed E-state index contributed by atoms with van der Waals surface area (Å²) in [6, 6.07) is 8.45. The Morgan fingerprint density at radius 2 is 2.10 bits per heavy atom. The summed E-state index contributed by atoms with van der Waals surface area (Å²) in [7, 11) is 0. The number of aromatic nitrogens is 2. The Balaban J connectivity index is 2.26. The molecule has 0 spiro atoms. The van der Waals surface area contributed by atoms with E-state index in [-0.39, 0.29) is 17.2 Å². The zero-order valence-electron chi connectivity index (χ0n) is 11.9. The van der Waals surface area contributed by atoms with E-state index in [0.717, 1.165) is 16.5 Å². The van der Waals surface area contributed by atoms with Crippen LogP contribution < -0.4 is 10.9 Å². The molecule has 0 saturated heterocycles. The van der Waals surface area contributed by atoms with Crippen LogP contribution in [-0.2, 0) is 6.54 Å². The Morgan fingerprint density at radius 3 is 2.81 bits per heavy atom. The van der Waals surface area contributed by atoms with Gasteiger partial charge in [0.1, 0.15) is 5.69 Å². The average molecular weight is 350 g/mol. The van der Waals surface area contributed by atoms with Crippen molar-refractivity contribution in [2.75, 3.05) is 5.32 Å². The number of carbonyl (C=O) groups is 1. The SMILES string of the molecule is CCCn1nc(C(=O)Nc2cc(Br)ccc2C)ccc1=O. The molecule has 5 nitrogen and oxygen atoms in total. The highest BCUT2D eigenvalue weighted by Gasteiger charge is 2.11. The van der Waals surface area contributed by atoms with Gasteiger partial charge >= 0.3 is 0 Å². The molecule has 2 aromatic rings. The van der Waals surface area contributed by atoms with Crippen molar-refractivity contribution in [2.45, 2.75) is 26.8 Å². The number of carbonyl (C=O) groups excluding carboxylic acids is 1. The molecule has 1 N–H and O–H groups in total. The normalized spacial score (nSPS) is 10.4. The Morgan fingerprint density at radius 1 is 1.33 bits per heavy atom. The van der Waals surface area contributed by atoms with E-state index in [2.05, 4.69) is 26.3 Å². The molecule has 0 fully saturated rings. The predicted molar refractivity (Wildman–Crippen MR) is 85.6 cm³/mol. The van der Waals surface area contributed by atoms with Crippen molar-refractivity contribution in [1.29, 1.82) is 0 Å². The molecule has 0 saturated carbocycles. The summed E-state index contributed by atoms with van der Waals surface area (Å²) in [4.78, 5) is 23.8. The van der Waals surface area contributed by atoms with Gasteiger partial charge in [-0.05, 0) is 37.1 Å². The molecule has 1 heterocycles. The van der Waals surface area contributed by atoms with E-state index < -0.39 is 0 Å². The van der Waals surface area contributed by atoms with Crippen LogP contribution in [0.25, 0.3) is 0 Å². The van der Waals surface area contributed by atoms with Gasteiger partial charge in [0.05, 0.1) is 0 Å². The van der Waals surface area contributed by atoms with E-state index in [1.54, 1.807) is 0 Å². The molecule has 6 heteroatoms. The third-order valence-electron chi connectivity index (χ3n) is 2.98. The second kappa shape index (κ2) is 6.67. The molecule has 0 bridgehead atoms. The molecule has 110 valence electrons. The molecule has 0 atom stereocenters. The van der Waals surface area contributed by atoms with Crippen LogP contribution in [0, 0.1) is 6.92 Å². The van der Waals surface area contributed by atoms with Crippen molar-refractivity contribution in [3.8, 4) is 0 Å². The minimum atomic E-state index is -0.332. The van der Waals surface area contributed by atoms with Gasteiger partial charge in [0.15, 0.2) is 0 Å². The second-order valence-electron chi connectivity index (χ2n) is 4.69. The van der Waals surface area contributed by atoms with Gasteiger partial charge in [0.25, 0.3) is 11.5 Å². The fraction of sp³-hybridized carbons (Fsp3) is 0.267. The third-order valence-corrected chi connectivity index (χ3v) is 3.48. The number of aryl methyl sites for hydroxylation is 2. The van der Waals surface area contributed by atoms with Gasteiger partial charge in [0, 0.05) is 22.8 Å². The molecular weight excluding hydrogens is 334 g/mol. The van der Waals surface area contributed by atoms with Gasteiger partial charge < -0.3 is 5.32 Å². The first-order chi connectivity index (χ1) is 10.0. The van der Waals surface area contributed by atoms with Crippen molar-refractivity contribution in [3.63, 3.8) is 0 Å². The zero-order valence-corrected chi connectivity index (χ0v) is 13.5. The fourth-order valence-corrected chi connectivity index (χ4v) is 2.22. The number of benzene rings is 1. The van der Waals surface area contributed by atoms with Gasteiger partial charge in [-0.2, -0.15) is 5.10 Å². The number of nitrogens with one attached hydrogen (secondary N) is 1. The number of nitrogens with zero attached hydrogens (tertiary/aromatic N) is 2. The molecule has 1 aromatic heterocycles. The Kier molecular flexibility index (Phi) is 4.90. The van der Waals surface area contributed by atoms with E-state index in [0.29, 0.717) is 12.2 Å². The van der Waals surface area contributed by atoms with E-state index in [1.165, 1.54) is 16.8 Å². The summed E-state index contributed by atoms with van der Waals surface area (Å²) < 4.78 is 2.19. The lowest BCUT2D eigenvalue weighted by atomic mass is 10.2. The molecule has 0 aliphatic carbocycles. The maximum atomic E-state index is 12.2. The van der Waals surface area contributed by atoms with Crippen molar-refractivity contribution >= 4 is 27.5 Å². The van der Waals surface area contributed by atoms with Gasteiger partial charge in [-0.15, -0.1) is 0 Å². The van der Waals surface area contributed by atoms with Crippen LogP contribution in [0.3, 0.4) is 0 Å². The maximum absolute atomic E-state index is 12.2. The monoisotopic (exact) mass is 349 g/mol. The Bertz CT molecular complexity index is 725. The lowest BCUT2D eigenvalue weighted by molar-refractivity contribution is 0.101. The lowest BCUT2D eigenvalue weighted by Gasteiger charge is -2.09. The molecule has 21 heavy (non-hydrogen) atoms. The summed E-state index contributed by atoms with van der Waals surface area (Å²) >= 11 is 3.37. The highest BCUT2D eigenvalue weighted by molar-refractivity contribution is 9.10. The minimum Gasteiger partial charge on any atom is -0.320 e. The highest BCUT2D eigenvalue weighted by Crippen LogP contribution is 2.20. The van der Waals surface area contributed by atoms with Crippen LogP contribution in [-0.4, -0.2) is 15.7 Å². The number of amides is 1. The molecule has 0 aliphatic rings. The third kappa shape index (κ3) is 3.78. The van der Waals surface area contributed by atoms with Crippen LogP contribution in [0.4, 0.5) is 5.69 Å². The highest BCUT2D eigenvalue weighted by atomic mass is 79.9. The van der Waals surface area contributed by atoms with E-state index in [4.69, 9.17) is 0 Å². The standard InChI is InChI=1S/C15H16BrN3O2/c1-3-8-19-14(20)7-6-12(18-19)15(21)17-13-9-11(16)5-4-10(13)2/h4-7,9H,3,8H2,1-2H3,(H,17,21). The number of rotatable bonds is 4. The first kappa shape index (κ1) is 15.4. The fourth-order valence-electron chi connectivity index (χ4n) is 1.86. The number of anilines is 1. The summed E-state index contributed by atoms with van der Waals surface area (Å²) in [5.41, 5.74) is 1.69. The quantitative estimate of drug-likeness (QED) is 0.922. The molecule has 2 rings (SSSR count). The van der Waals surface area contributed by atoms with E-state index in [9.17, 15) is 9.59 Å². The van der Waals surface area contributed by atoms with Crippen LogP contribution in [0.5, 0.6) is 0 Å². The summed E-state index contributed by atoms with van der Waals surface area (Å²) in [5.74, 6) is -0.332. The van der Waals surface area contributed by atoms with Gasteiger partial charge in [-0.25, -0.2) is 4.68 Å². The largest absolute Gasteiger partial charge is 0.320 e. The number of hydrogen-bond acceptors (Lipinski definition) is 3. The van der Waals surface area contributed by atoms with Crippen molar-refractivity contribution in [2.24, 2.45) is 0 Å². The first-order valence-electron chi connectivity index (χ1n) is 6.67. The summed E-state index contributed by atoms with van der Waals surface area (Å²) in [5, 5.41) is 6.90. The molecule has 1 amide bonds. The van der Waals surface area contributed by atoms with E-state index in [1.807, 2.05) is 32.0 Å². The molecular formula is C15H16BrN3O2. The van der Waals surface area contributed by atoms with Gasteiger partial charge in [-0.1, -0.05) is 28.9 Å². The van der Waals surface area contributed by atoms with Crippen LogP contribution in [0.15, 0.2) is 39.6 Å². The van der Waals surface area contributed by atoms with Crippen molar-refractivity contribution < 1.29 is 4.79 Å². The molecule has 0 radical (unpaired) electrons. The van der Waals surface area contributed by atoms with E-state index >= 15 is 0 Å². The van der Waals surface area contributed by atoms with Crippen molar-refractivity contribution in [3.05, 3.63) is 56.4 Å².